The molecule has 0 N–H and O–H groups in total. The second-order valence-corrected chi connectivity index (χ2v) is 9.50. The molecule has 0 bridgehead atoms. The van der Waals surface area contributed by atoms with Crippen LogP contribution in [0.2, 0.25) is 5.02 Å². The molecule has 0 aromatic heterocycles. The summed E-state index contributed by atoms with van der Waals surface area (Å²) in [5.41, 5.74) is 0.812. The molecule has 1 atom stereocenters. The number of hydrogen-bond donors (Lipinski definition) is 0. The summed E-state index contributed by atoms with van der Waals surface area (Å²) in [7, 11) is -3.06. The van der Waals surface area contributed by atoms with E-state index in [4.69, 9.17) is 23.8 Å². The Morgan fingerprint density at radius 1 is 1.41 bits per heavy atom. The molecule has 1 aromatic carbocycles. The number of halogens is 1. The molecule has 0 saturated carbocycles. The number of hydrogen-bond acceptors (Lipinski definition) is 5. The van der Waals surface area contributed by atoms with Gasteiger partial charge in [-0.2, -0.15) is 0 Å². The third-order valence-corrected chi connectivity index (χ3v) is 6.86. The predicted molar refractivity (Wildman–Crippen MR) is 93.5 cm³/mol. The minimum atomic E-state index is -3.06. The van der Waals surface area contributed by atoms with Crippen molar-refractivity contribution in [2.24, 2.45) is 0 Å². The number of carbonyl (C=O) groups is 1. The van der Waals surface area contributed by atoms with Gasteiger partial charge in [-0.05, 0) is 30.2 Å². The van der Waals surface area contributed by atoms with Crippen LogP contribution < -0.4 is 0 Å². The third-order valence-electron chi connectivity index (χ3n) is 3.54. The van der Waals surface area contributed by atoms with Gasteiger partial charge >= 0.3 is 0 Å². The maximum atomic E-state index is 12.5. The molecule has 8 heteroatoms. The van der Waals surface area contributed by atoms with Gasteiger partial charge in [0.1, 0.15) is 4.32 Å². The van der Waals surface area contributed by atoms with E-state index in [1.165, 1.54) is 16.7 Å². The van der Waals surface area contributed by atoms with Gasteiger partial charge in [0, 0.05) is 5.02 Å². The molecular weight excluding hydrogens is 362 g/mol. The van der Waals surface area contributed by atoms with Gasteiger partial charge in [0.2, 0.25) is 0 Å². The summed E-state index contributed by atoms with van der Waals surface area (Å²) < 4.78 is 23.6. The lowest BCUT2D eigenvalue weighted by molar-refractivity contribution is -0.123. The van der Waals surface area contributed by atoms with Crippen molar-refractivity contribution in [1.29, 1.82) is 0 Å². The van der Waals surface area contributed by atoms with Gasteiger partial charge < -0.3 is 0 Å². The van der Waals surface area contributed by atoms with Crippen molar-refractivity contribution < 1.29 is 13.2 Å². The Morgan fingerprint density at radius 2 is 2.18 bits per heavy atom. The van der Waals surface area contributed by atoms with Crippen LogP contribution in [0.15, 0.2) is 29.2 Å². The van der Waals surface area contributed by atoms with Gasteiger partial charge in [-0.15, -0.1) is 0 Å². The lowest BCUT2D eigenvalue weighted by Crippen LogP contribution is -2.39. The number of rotatable bonds is 2. The number of sulfone groups is 1. The minimum absolute atomic E-state index is 0.0100. The normalized spacial score (nSPS) is 26.1. The fraction of sp³-hybridized carbons (Fsp3) is 0.286. The monoisotopic (exact) mass is 373 g/mol. The smallest absolute Gasteiger partial charge is 0.266 e. The molecule has 0 unspecified atom stereocenters. The molecule has 2 heterocycles. The molecule has 2 aliphatic heterocycles. The highest BCUT2D eigenvalue weighted by molar-refractivity contribution is 8.26. The molecule has 2 aliphatic rings. The molecule has 0 radical (unpaired) electrons. The second kappa shape index (κ2) is 5.96. The molecule has 22 heavy (non-hydrogen) atoms. The van der Waals surface area contributed by atoms with Crippen LogP contribution in [-0.2, 0) is 14.6 Å². The van der Waals surface area contributed by atoms with E-state index >= 15 is 0 Å². The van der Waals surface area contributed by atoms with Crippen molar-refractivity contribution in [2.75, 3.05) is 11.5 Å². The topological polar surface area (TPSA) is 54.5 Å². The van der Waals surface area contributed by atoms with Crippen LogP contribution in [0.3, 0.4) is 0 Å². The van der Waals surface area contributed by atoms with Crippen LogP contribution in [-0.4, -0.2) is 41.1 Å². The molecule has 1 amide bonds. The Labute approximate surface area is 143 Å². The van der Waals surface area contributed by atoms with Crippen molar-refractivity contribution in [1.82, 2.24) is 4.90 Å². The van der Waals surface area contributed by atoms with Gasteiger partial charge in [0.05, 0.1) is 22.5 Å². The van der Waals surface area contributed by atoms with Crippen molar-refractivity contribution in [3.63, 3.8) is 0 Å². The standard InChI is InChI=1S/C14H12ClNO3S3/c15-10-3-1-2-9(6-10)7-12-13(17)16(14(20)21-12)11-4-5-22(18,19)8-11/h1-3,6-7,11H,4-5,8H2/b12-7-/t11-/m1/s1. The van der Waals surface area contributed by atoms with Crippen LogP contribution in [0.25, 0.3) is 6.08 Å². The largest absolute Gasteiger partial charge is 0.289 e. The zero-order valence-electron chi connectivity index (χ0n) is 11.4. The van der Waals surface area contributed by atoms with Crippen LogP contribution in [0.5, 0.6) is 0 Å². The molecule has 0 spiro atoms. The summed E-state index contributed by atoms with van der Waals surface area (Å²) in [6, 6.07) is 6.82. The van der Waals surface area contributed by atoms with Gasteiger partial charge in [-0.25, -0.2) is 8.42 Å². The first-order valence-electron chi connectivity index (χ1n) is 6.59. The molecule has 116 valence electrons. The lowest BCUT2D eigenvalue weighted by Gasteiger charge is -2.20. The number of carbonyl (C=O) groups excluding carboxylic acids is 1. The van der Waals surface area contributed by atoms with E-state index in [1.807, 2.05) is 6.07 Å². The minimum Gasteiger partial charge on any atom is -0.289 e. The molecule has 4 nitrogen and oxygen atoms in total. The fourth-order valence-corrected chi connectivity index (χ4v) is 5.82. The molecule has 3 rings (SSSR count). The maximum absolute atomic E-state index is 12.5. The van der Waals surface area contributed by atoms with E-state index in [0.29, 0.717) is 20.7 Å². The molecule has 2 saturated heterocycles. The highest BCUT2D eigenvalue weighted by Gasteiger charge is 2.42. The summed E-state index contributed by atoms with van der Waals surface area (Å²) in [6.45, 7) is 0. The number of amides is 1. The summed E-state index contributed by atoms with van der Waals surface area (Å²) in [6.07, 6.45) is 2.17. The highest BCUT2D eigenvalue weighted by atomic mass is 35.5. The second-order valence-electron chi connectivity index (χ2n) is 5.16. The SMILES string of the molecule is O=C1/C(=C/c2cccc(Cl)c2)SC(=S)N1[C@@H]1CCS(=O)(=O)C1. The Hall–Kier alpha value is -0.890. The summed E-state index contributed by atoms with van der Waals surface area (Å²) in [5, 5.41) is 0.589. The number of thiocarbonyl (C=S) groups is 1. The van der Waals surface area contributed by atoms with Crippen molar-refractivity contribution in [2.45, 2.75) is 12.5 Å². The van der Waals surface area contributed by atoms with E-state index in [9.17, 15) is 13.2 Å². The van der Waals surface area contributed by atoms with Crippen LogP contribution in [0, 0.1) is 0 Å². The number of benzene rings is 1. The van der Waals surface area contributed by atoms with Gasteiger partial charge in [-0.1, -0.05) is 47.7 Å². The Kier molecular flexibility index (Phi) is 4.33. The van der Waals surface area contributed by atoms with Crippen molar-refractivity contribution >= 4 is 61.7 Å². The first kappa shape index (κ1) is 16.0. The van der Waals surface area contributed by atoms with E-state index in [0.717, 1.165) is 5.56 Å². The Morgan fingerprint density at radius 3 is 2.82 bits per heavy atom. The molecule has 2 fully saturated rings. The summed E-state index contributed by atoms with van der Waals surface area (Å²) in [4.78, 5) is 14.5. The molecule has 0 aliphatic carbocycles. The van der Waals surface area contributed by atoms with Crippen LogP contribution >= 0.6 is 35.6 Å². The summed E-state index contributed by atoms with van der Waals surface area (Å²) >= 11 is 12.4. The number of nitrogens with zero attached hydrogens (tertiary/aromatic N) is 1. The van der Waals surface area contributed by atoms with Crippen LogP contribution in [0.4, 0.5) is 0 Å². The number of thioether (sulfide) groups is 1. The fourth-order valence-electron chi connectivity index (χ4n) is 2.52. The van der Waals surface area contributed by atoms with Crippen LogP contribution in [0.1, 0.15) is 12.0 Å². The zero-order chi connectivity index (χ0) is 15.9. The zero-order valence-corrected chi connectivity index (χ0v) is 14.6. The molecule has 1 aromatic rings. The Bertz CT molecular complexity index is 788. The highest BCUT2D eigenvalue weighted by Crippen LogP contribution is 2.36. The van der Waals surface area contributed by atoms with Gasteiger partial charge in [0.15, 0.2) is 9.84 Å². The summed E-state index contributed by atoms with van der Waals surface area (Å²) in [5.74, 6) is -0.122. The molecular formula is C14H12ClNO3S3. The average Bonchev–Trinajstić information content (AvgIpc) is 2.90. The predicted octanol–water partition coefficient (Wildman–Crippen LogP) is 2.73. The van der Waals surface area contributed by atoms with E-state index in [2.05, 4.69) is 0 Å². The van der Waals surface area contributed by atoms with Crippen molar-refractivity contribution in [3.8, 4) is 0 Å². The van der Waals surface area contributed by atoms with E-state index in [-0.39, 0.29) is 23.5 Å². The Balaban J connectivity index is 1.86. The third kappa shape index (κ3) is 3.22. The van der Waals surface area contributed by atoms with Gasteiger partial charge in [-0.3, -0.25) is 9.69 Å². The maximum Gasteiger partial charge on any atom is 0.266 e. The quantitative estimate of drug-likeness (QED) is 0.589. The first-order valence-corrected chi connectivity index (χ1v) is 10.0. The average molecular weight is 374 g/mol. The first-order chi connectivity index (χ1) is 10.4. The van der Waals surface area contributed by atoms with E-state index in [1.54, 1.807) is 24.3 Å². The van der Waals surface area contributed by atoms with E-state index < -0.39 is 9.84 Å². The lowest BCUT2D eigenvalue weighted by atomic mass is 10.2. The van der Waals surface area contributed by atoms with Crippen molar-refractivity contribution in [3.05, 3.63) is 39.8 Å². The van der Waals surface area contributed by atoms with Gasteiger partial charge in [0.25, 0.3) is 5.91 Å².